The lowest BCUT2D eigenvalue weighted by atomic mass is 9.90. The second kappa shape index (κ2) is 4.89. The van der Waals surface area contributed by atoms with Crippen LogP contribution in [0.4, 0.5) is 0 Å². The van der Waals surface area contributed by atoms with E-state index in [0.717, 1.165) is 6.42 Å². The second-order valence-electron chi connectivity index (χ2n) is 5.11. The summed E-state index contributed by atoms with van der Waals surface area (Å²) in [5, 5.41) is 0. The van der Waals surface area contributed by atoms with E-state index in [1.807, 2.05) is 0 Å². The molecule has 2 aromatic rings. The summed E-state index contributed by atoms with van der Waals surface area (Å²) in [6, 6.07) is 13.1. The van der Waals surface area contributed by atoms with Gasteiger partial charge in [-0.05, 0) is 53.6 Å². The van der Waals surface area contributed by atoms with Gasteiger partial charge in [0.05, 0.1) is 0 Å². The fourth-order valence-electron chi connectivity index (χ4n) is 2.80. The Morgan fingerprint density at radius 2 is 1.68 bits per heavy atom. The summed E-state index contributed by atoms with van der Waals surface area (Å²) >= 11 is 0. The third kappa shape index (κ3) is 2.15. The van der Waals surface area contributed by atoms with Gasteiger partial charge in [0, 0.05) is 0 Å². The Morgan fingerprint density at radius 3 is 2.53 bits per heavy atom. The zero-order valence-electron chi connectivity index (χ0n) is 11.5. The van der Waals surface area contributed by atoms with E-state index >= 15 is 0 Å². The summed E-state index contributed by atoms with van der Waals surface area (Å²) in [6.45, 7) is 4.42. The van der Waals surface area contributed by atoms with Crippen molar-refractivity contribution >= 4 is 6.08 Å². The van der Waals surface area contributed by atoms with E-state index in [1.54, 1.807) is 0 Å². The molecule has 0 unspecified atom stereocenters. The molecule has 0 nitrogen and oxygen atoms in total. The number of rotatable bonds is 1. The van der Waals surface area contributed by atoms with Crippen LogP contribution in [-0.4, -0.2) is 0 Å². The molecule has 0 radical (unpaired) electrons. The Hall–Kier alpha value is -2.08. The van der Waals surface area contributed by atoms with Crippen LogP contribution < -0.4 is 0 Å². The molecule has 3 rings (SSSR count). The number of fused-ring (bicyclic) bond motifs is 1. The van der Waals surface area contributed by atoms with Crippen LogP contribution in [0.3, 0.4) is 0 Å². The quantitative estimate of drug-likeness (QED) is 0.657. The largest absolute Gasteiger partial charge is 0.0801 e. The lowest BCUT2D eigenvalue weighted by Crippen LogP contribution is -1.95. The first-order chi connectivity index (χ1) is 9.27. The molecule has 0 saturated heterocycles. The maximum absolute atomic E-state index is 2.26. The monoisotopic (exact) mass is 246 g/mol. The summed E-state index contributed by atoms with van der Waals surface area (Å²) in [6.07, 6.45) is 9.71. The molecular formula is C19H18. The van der Waals surface area contributed by atoms with Gasteiger partial charge in [-0.1, -0.05) is 60.7 Å². The van der Waals surface area contributed by atoms with Crippen molar-refractivity contribution in [3.05, 3.63) is 76.9 Å². The van der Waals surface area contributed by atoms with Crippen molar-refractivity contribution in [3.8, 4) is 11.1 Å². The van der Waals surface area contributed by atoms with Gasteiger partial charge in [0.25, 0.3) is 0 Å². The molecular weight excluding hydrogens is 228 g/mol. The third-order valence-electron chi connectivity index (χ3n) is 3.91. The van der Waals surface area contributed by atoms with Gasteiger partial charge in [-0.25, -0.2) is 0 Å². The molecule has 0 heteroatoms. The molecule has 0 spiro atoms. The third-order valence-corrected chi connectivity index (χ3v) is 3.91. The van der Waals surface area contributed by atoms with Crippen molar-refractivity contribution in [2.45, 2.75) is 20.3 Å². The van der Waals surface area contributed by atoms with Gasteiger partial charge in [0.15, 0.2) is 0 Å². The predicted molar refractivity (Wildman–Crippen MR) is 83.2 cm³/mol. The van der Waals surface area contributed by atoms with E-state index in [1.165, 1.54) is 33.4 Å². The fourth-order valence-corrected chi connectivity index (χ4v) is 2.80. The Labute approximate surface area is 115 Å². The number of benzene rings is 2. The lowest BCUT2D eigenvalue weighted by Gasteiger charge is -2.15. The first-order valence-corrected chi connectivity index (χ1v) is 6.79. The van der Waals surface area contributed by atoms with Crippen LogP contribution in [0, 0.1) is 13.8 Å². The molecule has 0 amide bonds. The van der Waals surface area contributed by atoms with Crippen LogP contribution in [0.1, 0.15) is 22.3 Å². The summed E-state index contributed by atoms with van der Waals surface area (Å²) in [4.78, 5) is 0. The van der Waals surface area contributed by atoms with Crippen LogP contribution >= 0.6 is 0 Å². The molecule has 2 aromatic carbocycles. The van der Waals surface area contributed by atoms with Crippen molar-refractivity contribution < 1.29 is 0 Å². The molecule has 94 valence electrons. The molecule has 0 heterocycles. The normalized spacial score (nSPS) is 13.2. The molecule has 0 fully saturated rings. The van der Waals surface area contributed by atoms with E-state index in [4.69, 9.17) is 0 Å². The van der Waals surface area contributed by atoms with Gasteiger partial charge in [-0.15, -0.1) is 0 Å². The first kappa shape index (κ1) is 12.0. The van der Waals surface area contributed by atoms with Crippen molar-refractivity contribution in [2.75, 3.05) is 0 Å². The molecule has 0 N–H and O–H groups in total. The van der Waals surface area contributed by atoms with E-state index in [2.05, 4.69) is 74.5 Å². The van der Waals surface area contributed by atoms with E-state index in [-0.39, 0.29) is 0 Å². The molecule has 0 atom stereocenters. The Kier molecular flexibility index (Phi) is 3.08. The number of hydrogen-bond donors (Lipinski definition) is 0. The molecule has 1 aliphatic rings. The van der Waals surface area contributed by atoms with Gasteiger partial charge >= 0.3 is 0 Å². The Morgan fingerprint density at radius 1 is 0.842 bits per heavy atom. The minimum absolute atomic E-state index is 1.02. The topological polar surface area (TPSA) is 0 Å². The van der Waals surface area contributed by atoms with Gasteiger partial charge in [0.2, 0.25) is 0 Å². The van der Waals surface area contributed by atoms with Crippen molar-refractivity contribution in [3.63, 3.8) is 0 Å². The molecule has 19 heavy (non-hydrogen) atoms. The summed E-state index contributed by atoms with van der Waals surface area (Å²) in [7, 11) is 0. The highest BCUT2D eigenvalue weighted by atomic mass is 14.2. The van der Waals surface area contributed by atoms with Crippen LogP contribution in [0.15, 0.2) is 54.6 Å². The molecule has 0 aromatic heterocycles. The van der Waals surface area contributed by atoms with Crippen LogP contribution in [0.5, 0.6) is 0 Å². The van der Waals surface area contributed by atoms with Crippen LogP contribution in [-0.2, 0) is 6.42 Å². The van der Waals surface area contributed by atoms with Gasteiger partial charge in [-0.2, -0.15) is 0 Å². The molecule has 0 bridgehead atoms. The van der Waals surface area contributed by atoms with E-state index < -0.39 is 0 Å². The zero-order valence-corrected chi connectivity index (χ0v) is 11.5. The minimum atomic E-state index is 1.02. The van der Waals surface area contributed by atoms with E-state index in [0.29, 0.717) is 0 Å². The highest BCUT2D eigenvalue weighted by Gasteiger charge is 2.11. The van der Waals surface area contributed by atoms with E-state index in [9.17, 15) is 0 Å². The summed E-state index contributed by atoms with van der Waals surface area (Å²) in [5.41, 5.74) is 8.25. The first-order valence-electron chi connectivity index (χ1n) is 6.79. The van der Waals surface area contributed by atoms with Gasteiger partial charge < -0.3 is 0 Å². The summed E-state index contributed by atoms with van der Waals surface area (Å²) < 4.78 is 0. The number of allylic oxidation sites excluding steroid dienone is 3. The maximum Gasteiger partial charge on any atom is -0.00855 e. The van der Waals surface area contributed by atoms with Crippen molar-refractivity contribution in [1.29, 1.82) is 0 Å². The Balaban J connectivity index is 2.20. The Bertz CT molecular complexity index is 672. The van der Waals surface area contributed by atoms with Gasteiger partial charge in [-0.3, -0.25) is 0 Å². The fraction of sp³-hybridized carbons (Fsp3) is 0.158. The van der Waals surface area contributed by atoms with Gasteiger partial charge in [0.1, 0.15) is 0 Å². The van der Waals surface area contributed by atoms with Crippen LogP contribution in [0.2, 0.25) is 0 Å². The molecule has 1 aliphatic carbocycles. The lowest BCUT2D eigenvalue weighted by molar-refractivity contribution is 1.21. The SMILES string of the molecule is Cc1ccccc1-c1ccc2c(c1C)CC=CC=C2. The smallest absolute Gasteiger partial charge is 0.00855 e. The predicted octanol–water partition coefficient (Wildman–Crippen LogP) is 5.10. The average Bonchev–Trinajstić information content (AvgIpc) is 2.66. The highest BCUT2D eigenvalue weighted by Crippen LogP contribution is 2.31. The molecule has 0 saturated carbocycles. The standard InChI is InChI=1S/C19H18/c1-14-8-6-7-10-17(14)19-13-12-16-9-4-3-5-11-18(16)15(19)2/h3-10,12-13H,11H2,1-2H3. The zero-order chi connectivity index (χ0) is 13.2. The van der Waals surface area contributed by atoms with Crippen molar-refractivity contribution in [1.82, 2.24) is 0 Å². The second-order valence-corrected chi connectivity index (χ2v) is 5.11. The number of hydrogen-bond acceptors (Lipinski definition) is 0. The number of aryl methyl sites for hydroxylation is 1. The van der Waals surface area contributed by atoms with Crippen LogP contribution in [0.25, 0.3) is 17.2 Å². The van der Waals surface area contributed by atoms with Crippen molar-refractivity contribution in [2.24, 2.45) is 0 Å². The highest BCUT2D eigenvalue weighted by molar-refractivity contribution is 5.75. The average molecular weight is 246 g/mol. The molecule has 0 aliphatic heterocycles. The summed E-state index contributed by atoms with van der Waals surface area (Å²) in [5.74, 6) is 0. The maximum atomic E-state index is 2.26. The minimum Gasteiger partial charge on any atom is -0.0801 e.